The highest BCUT2D eigenvalue weighted by molar-refractivity contribution is 7.89. The summed E-state index contributed by atoms with van der Waals surface area (Å²) in [6, 6.07) is 0.717. The van der Waals surface area contributed by atoms with Crippen LogP contribution >= 0.6 is 0 Å². The normalized spacial score (nSPS) is 24.3. The summed E-state index contributed by atoms with van der Waals surface area (Å²) >= 11 is 0. The summed E-state index contributed by atoms with van der Waals surface area (Å²) < 4.78 is 25.3. The Balaban J connectivity index is 1.64. The van der Waals surface area contributed by atoms with Crippen molar-refractivity contribution in [2.45, 2.75) is 64.8 Å². The Morgan fingerprint density at radius 2 is 1.80 bits per heavy atom. The molecule has 0 aromatic rings. The number of nitrogens with zero attached hydrogens (tertiary/aromatic N) is 2. The lowest BCUT2D eigenvalue weighted by atomic mass is 9.97. The molecule has 2 fully saturated rings. The number of likely N-dealkylation sites (tertiary alicyclic amines) is 1. The lowest BCUT2D eigenvalue weighted by molar-refractivity contribution is -0.126. The Bertz CT molecular complexity index is 516. The fraction of sp³-hybridized carbons (Fsp3) is 0.944. The molecule has 1 amide bonds. The van der Waals surface area contributed by atoms with E-state index in [1.54, 1.807) is 6.92 Å². The van der Waals surface area contributed by atoms with E-state index in [1.807, 2.05) is 0 Å². The molecule has 0 bridgehead atoms. The first kappa shape index (κ1) is 20.6. The van der Waals surface area contributed by atoms with Gasteiger partial charge in [-0.15, -0.1) is 0 Å². The van der Waals surface area contributed by atoms with Gasteiger partial charge in [0, 0.05) is 38.1 Å². The van der Waals surface area contributed by atoms with E-state index in [-0.39, 0.29) is 17.6 Å². The topological polar surface area (TPSA) is 69.7 Å². The van der Waals surface area contributed by atoms with Crippen LogP contribution in [0.1, 0.15) is 58.8 Å². The molecule has 2 aliphatic rings. The monoisotopic (exact) mass is 373 g/mol. The lowest BCUT2D eigenvalue weighted by Gasteiger charge is -2.35. The van der Waals surface area contributed by atoms with Crippen molar-refractivity contribution in [3.05, 3.63) is 0 Å². The molecule has 1 atom stereocenters. The first-order valence-corrected chi connectivity index (χ1v) is 11.6. The highest BCUT2D eigenvalue weighted by Gasteiger charge is 2.30. The highest BCUT2D eigenvalue weighted by Crippen LogP contribution is 2.21. The first-order chi connectivity index (χ1) is 12.0. The summed E-state index contributed by atoms with van der Waals surface area (Å²) in [5.41, 5.74) is 0. The Morgan fingerprint density at radius 1 is 1.08 bits per heavy atom. The van der Waals surface area contributed by atoms with Gasteiger partial charge in [-0.05, 0) is 52.0 Å². The molecular weight excluding hydrogens is 338 g/mol. The molecule has 25 heavy (non-hydrogen) atoms. The molecule has 2 aliphatic heterocycles. The average molecular weight is 374 g/mol. The van der Waals surface area contributed by atoms with Crippen LogP contribution in [0.5, 0.6) is 0 Å². The maximum Gasteiger partial charge on any atom is 0.223 e. The van der Waals surface area contributed by atoms with E-state index < -0.39 is 10.0 Å². The van der Waals surface area contributed by atoms with Gasteiger partial charge in [0.1, 0.15) is 0 Å². The number of nitrogens with one attached hydrogen (secondary N) is 1. The fourth-order valence-corrected chi connectivity index (χ4v) is 5.17. The maximum atomic E-state index is 12.3. The number of hydrogen-bond acceptors (Lipinski definition) is 4. The molecule has 6 nitrogen and oxygen atoms in total. The average Bonchev–Trinajstić information content (AvgIpc) is 2.65. The van der Waals surface area contributed by atoms with E-state index in [0.29, 0.717) is 32.0 Å². The Hall–Kier alpha value is -0.660. The minimum absolute atomic E-state index is 0.0401. The van der Waals surface area contributed by atoms with E-state index >= 15 is 0 Å². The highest BCUT2D eigenvalue weighted by atomic mass is 32.2. The largest absolute Gasteiger partial charge is 0.356 e. The van der Waals surface area contributed by atoms with Crippen LogP contribution in [-0.2, 0) is 14.8 Å². The second-order valence-corrected chi connectivity index (χ2v) is 9.57. The molecule has 0 aliphatic carbocycles. The Morgan fingerprint density at radius 3 is 2.44 bits per heavy atom. The predicted molar refractivity (Wildman–Crippen MR) is 101 cm³/mol. The van der Waals surface area contributed by atoms with Crippen molar-refractivity contribution in [3.8, 4) is 0 Å². The van der Waals surface area contributed by atoms with Gasteiger partial charge in [-0.25, -0.2) is 12.7 Å². The van der Waals surface area contributed by atoms with Crippen molar-refractivity contribution in [1.29, 1.82) is 0 Å². The van der Waals surface area contributed by atoms with Crippen LogP contribution in [0.4, 0.5) is 0 Å². The zero-order valence-electron chi connectivity index (χ0n) is 15.9. The van der Waals surface area contributed by atoms with Crippen LogP contribution in [0.2, 0.25) is 0 Å². The van der Waals surface area contributed by atoms with E-state index in [0.717, 1.165) is 19.5 Å². The molecule has 7 heteroatoms. The lowest BCUT2D eigenvalue weighted by Crippen LogP contribution is -2.44. The van der Waals surface area contributed by atoms with Crippen LogP contribution < -0.4 is 5.32 Å². The van der Waals surface area contributed by atoms with Gasteiger partial charge < -0.3 is 10.2 Å². The molecule has 0 saturated carbocycles. The van der Waals surface area contributed by atoms with Crippen molar-refractivity contribution >= 4 is 15.9 Å². The molecule has 0 spiro atoms. The van der Waals surface area contributed by atoms with Crippen molar-refractivity contribution in [2.24, 2.45) is 5.92 Å². The number of rotatable bonds is 8. The van der Waals surface area contributed by atoms with E-state index in [2.05, 4.69) is 17.1 Å². The number of amides is 1. The molecule has 2 saturated heterocycles. The van der Waals surface area contributed by atoms with Crippen molar-refractivity contribution in [3.63, 3.8) is 0 Å². The summed E-state index contributed by atoms with van der Waals surface area (Å²) in [6.45, 7) is 7.85. The maximum absolute atomic E-state index is 12.3. The van der Waals surface area contributed by atoms with E-state index in [9.17, 15) is 13.2 Å². The number of sulfonamides is 1. The molecule has 0 aromatic carbocycles. The van der Waals surface area contributed by atoms with Crippen molar-refractivity contribution in [2.75, 3.05) is 38.5 Å². The SMILES string of the molecule is CCC1CCCCN1CCCNC(=O)C1CCN(S(=O)(=O)CC)CC1. The third kappa shape index (κ3) is 5.93. The van der Waals surface area contributed by atoms with Gasteiger partial charge in [-0.1, -0.05) is 13.3 Å². The van der Waals surface area contributed by atoms with Crippen molar-refractivity contribution < 1.29 is 13.2 Å². The fourth-order valence-electron chi connectivity index (χ4n) is 4.03. The number of piperidine rings is 2. The number of carbonyl (C=O) groups excluding carboxylic acids is 1. The molecule has 1 unspecified atom stereocenters. The van der Waals surface area contributed by atoms with Gasteiger partial charge in [0.05, 0.1) is 5.75 Å². The zero-order chi connectivity index (χ0) is 18.3. The second-order valence-electron chi connectivity index (χ2n) is 7.31. The zero-order valence-corrected chi connectivity index (χ0v) is 16.7. The van der Waals surface area contributed by atoms with Gasteiger partial charge in [0.15, 0.2) is 0 Å². The minimum Gasteiger partial charge on any atom is -0.356 e. The molecular formula is C18H35N3O3S. The third-order valence-corrected chi connectivity index (χ3v) is 7.61. The summed E-state index contributed by atoms with van der Waals surface area (Å²) in [5.74, 6) is 0.194. The minimum atomic E-state index is -3.12. The summed E-state index contributed by atoms with van der Waals surface area (Å²) in [5, 5.41) is 3.06. The third-order valence-electron chi connectivity index (χ3n) is 5.72. The molecule has 2 heterocycles. The van der Waals surface area contributed by atoms with Crippen LogP contribution in [0.25, 0.3) is 0 Å². The number of carbonyl (C=O) groups is 1. The van der Waals surface area contributed by atoms with E-state index in [4.69, 9.17) is 0 Å². The molecule has 1 N–H and O–H groups in total. The van der Waals surface area contributed by atoms with Crippen molar-refractivity contribution in [1.82, 2.24) is 14.5 Å². The first-order valence-electron chi connectivity index (χ1n) is 9.97. The van der Waals surface area contributed by atoms with Crippen LogP contribution in [0.3, 0.4) is 0 Å². The van der Waals surface area contributed by atoms with Crippen LogP contribution in [-0.4, -0.2) is 68.0 Å². The van der Waals surface area contributed by atoms with Gasteiger partial charge in [0.2, 0.25) is 15.9 Å². The van der Waals surface area contributed by atoms with Gasteiger partial charge >= 0.3 is 0 Å². The van der Waals surface area contributed by atoms with E-state index in [1.165, 1.54) is 36.5 Å². The van der Waals surface area contributed by atoms with Gasteiger partial charge in [0.25, 0.3) is 0 Å². The van der Waals surface area contributed by atoms with Gasteiger partial charge in [-0.2, -0.15) is 0 Å². The summed E-state index contributed by atoms with van der Waals surface area (Å²) in [4.78, 5) is 14.9. The second kappa shape index (κ2) is 9.88. The van der Waals surface area contributed by atoms with Crippen LogP contribution in [0, 0.1) is 5.92 Å². The smallest absolute Gasteiger partial charge is 0.223 e. The summed E-state index contributed by atoms with van der Waals surface area (Å²) in [6.07, 6.45) is 7.42. The predicted octanol–water partition coefficient (Wildman–Crippen LogP) is 1.82. The quantitative estimate of drug-likeness (QED) is 0.659. The molecule has 0 radical (unpaired) electrons. The Labute approximate surface area is 153 Å². The Kier molecular flexibility index (Phi) is 8.16. The van der Waals surface area contributed by atoms with Crippen LogP contribution in [0.15, 0.2) is 0 Å². The molecule has 2 rings (SSSR count). The number of hydrogen-bond donors (Lipinski definition) is 1. The molecule has 146 valence electrons. The summed E-state index contributed by atoms with van der Waals surface area (Å²) in [7, 11) is -3.12. The molecule has 0 aromatic heterocycles. The van der Waals surface area contributed by atoms with Gasteiger partial charge in [-0.3, -0.25) is 4.79 Å². The standard InChI is InChI=1S/C18H35N3O3S/c1-3-17-8-5-6-12-20(17)13-7-11-19-18(22)16-9-14-21(15-10-16)25(23,24)4-2/h16-17H,3-15H2,1-2H3,(H,19,22).